The zero-order chi connectivity index (χ0) is 15.7. The zero-order valence-electron chi connectivity index (χ0n) is 12.3. The molecule has 114 valence electrons. The molecule has 1 fully saturated rings. The number of carbonyl (C=O) groups is 1. The minimum atomic E-state index is -0.0326. The highest BCUT2D eigenvalue weighted by atomic mass is 32.2. The average molecular weight is 333 g/mol. The number of benzene rings is 1. The molecule has 1 aromatic carbocycles. The molecule has 0 radical (unpaired) electrons. The molecule has 1 aromatic rings. The summed E-state index contributed by atoms with van der Waals surface area (Å²) in [6, 6.07) is 5.74. The molecule has 0 aromatic heterocycles. The molecule has 0 aliphatic carbocycles. The normalized spacial score (nSPS) is 19.1. The van der Waals surface area contributed by atoms with Crippen molar-refractivity contribution in [1.29, 1.82) is 0 Å². The lowest BCUT2D eigenvalue weighted by molar-refractivity contribution is -0.122. The minimum Gasteiger partial charge on any atom is -0.493 e. The van der Waals surface area contributed by atoms with Crippen molar-refractivity contribution >= 4 is 40.3 Å². The van der Waals surface area contributed by atoms with Gasteiger partial charge in [-0.05, 0) is 30.7 Å². The lowest BCUT2D eigenvalue weighted by Crippen LogP contribution is -2.27. The first-order valence-electron chi connectivity index (χ1n) is 6.89. The van der Waals surface area contributed by atoms with Crippen LogP contribution in [0.3, 0.4) is 0 Å². The van der Waals surface area contributed by atoms with Crippen LogP contribution in [0.5, 0.6) is 11.5 Å². The van der Waals surface area contributed by atoms with Crippen molar-refractivity contribution in [2.24, 2.45) is 0 Å². The fraction of sp³-hybridized carbons (Fsp3) is 0.250. The van der Waals surface area contributed by atoms with Crippen LogP contribution in [0, 0.1) is 0 Å². The SMILES string of the molecule is CCN1C(=O)C(=CC2=Cc3cccc(OC)c3OC2)SC1=S. The van der Waals surface area contributed by atoms with E-state index >= 15 is 0 Å². The van der Waals surface area contributed by atoms with E-state index in [4.69, 9.17) is 21.7 Å². The van der Waals surface area contributed by atoms with Gasteiger partial charge < -0.3 is 9.47 Å². The van der Waals surface area contributed by atoms with Gasteiger partial charge in [0.15, 0.2) is 11.5 Å². The molecule has 6 heteroatoms. The van der Waals surface area contributed by atoms with E-state index in [9.17, 15) is 4.79 Å². The van der Waals surface area contributed by atoms with E-state index in [2.05, 4.69) is 0 Å². The number of nitrogens with zero attached hydrogens (tertiary/aromatic N) is 1. The molecular weight excluding hydrogens is 318 g/mol. The average Bonchev–Trinajstić information content (AvgIpc) is 2.80. The molecule has 3 rings (SSSR count). The van der Waals surface area contributed by atoms with Gasteiger partial charge in [-0.3, -0.25) is 9.69 Å². The van der Waals surface area contributed by atoms with Gasteiger partial charge >= 0.3 is 0 Å². The third-order valence-electron chi connectivity index (χ3n) is 3.46. The van der Waals surface area contributed by atoms with Crippen molar-refractivity contribution in [2.75, 3.05) is 20.3 Å². The molecule has 0 N–H and O–H groups in total. The number of thiocarbonyl (C=S) groups is 1. The van der Waals surface area contributed by atoms with Crippen LogP contribution >= 0.6 is 24.0 Å². The summed E-state index contributed by atoms with van der Waals surface area (Å²) in [7, 11) is 1.62. The third-order valence-corrected chi connectivity index (χ3v) is 4.84. The molecule has 2 heterocycles. The summed E-state index contributed by atoms with van der Waals surface area (Å²) < 4.78 is 11.7. The molecule has 0 unspecified atom stereocenters. The van der Waals surface area contributed by atoms with Crippen LogP contribution in [0.4, 0.5) is 0 Å². The van der Waals surface area contributed by atoms with E-state index in [1.165, 1.54) is 11.8 Å². The number of para-hydroxylation sites is 1. The fourth-order valence-corrected chi connectivity index (χ4v) is 3.78. The van der Waals surface area contributed by atoms with Crippen LogP contribution < -0.4 is 9.47 Å². The topological polar surface area (TPSA) is 38.8 Å². The van der Waals surface area contributed by atoms with E-state index in [1.807, 2.05) is 37.3 Å². The monoisotopic (exact) mass is 333 g/mol. The maximum Gasteiger partial charge on any atom is 0.266 e. The van der Waals surface area contributed by atoms with E-state index in [0.717, 1.165) is 16.9 Å². The van der Waals surface area contributed by atoms with Gasteiger partial charge in [-0.15, -0.1) is 0 Å². The number of amides is 1. The van der Waals surface area contributed by atoms with E-state index in [0.29, 0.717) is 28.1 Å². The third kappa shape index (κ3) is 2.64. The van der Waals surface area contributed by atoms with Crippen molar-refractivity contribution < 1.29 is 14.3 Å². The maximum atomic E-state index is 12.2. The number of carbonyl (C=O) groups excluding carboxylic acids is 1. The highest BCUT2D eigenvalue weighted by Crippen LogP contribution is 2.37. The van der Waals surface area contributed by atoms with Crippen LogP contribution in [0.25, 0.3) is 6.08 Å². The Bertz CT molecular complexity index is 709. The van der Waals surface area contributed by atoms with Gasteiger partial charge in [-0.2, -0.15) is 0 Å². The first-order chi connectivity index (χ1) is 10.6. The van der Waals surface area contributed by atoms with E-state index in [-0.39, 0.29) is 5.91 Å². The van der Waals surface area contributed by atoms with Gasteiger partial charge in [0.2, 0.25) is 0 Å². The molecule has 4 nitrogen and oxygen atoms in total. The second-order valence-corrected chi connectivity index (χ2v) is 6.49. The van der Waals surface area contributed by atoms with Crippen molar-refractivity contribution in [1.82, 2.24) is 4.90 Å². The summed E-state index contributed by atoms with van der Waals surface area (Å²) in [4.78, 5) is 14.5. The Hall–Kier alpha value is -1.79. The standard InChI is InChI=1S/C16H15NO3S2/c1-3-17-15(18)13(22-16(17)21)8-10-7-11-5-4-6-12(19-2)14(11)20-9-10/h4-8H,3,9H2,1-2H3. The Morgan fingerprint density at radius 1 is 1.50 bits per heavy atom. The van der Waals surface area contributed by atoms with Crippen LogP contribution in [-0.2, 0) is 4.79 Å². The van der Waals surface area contributed by atoms with Gasteiger partial charge in [0.05, 0.1) is 12.0 Å². The predicted octanol–water partition coefficient (Wildman–Crippen LogP) is 3.24. The van der Waals surface area contributed by atoms with Gasteiger partial charge in [0.25, 0.3) is 5.91 Å². The number of thioether (sulfide) groups is 1. The lowest BCUT2D eigenvalue weighted by atomic mass is 10.1. The number of fused-ring (bicyclic) bond motifs is 1. The molecule has 2 aliphatic rings. The van der Waals surface area contributed by atoms with Crippen LogP contribution in [0.15, 0.2) is 34.8 Å². The summed E-state index contributed by atoms with van der Waals surface area (Å²) in [5.41, 5.74) is 1.89. The number of rotatable bonds is 3. The van der Waals surface area contributed by atoms with Gasteiger partial charge in [-0.25, -0.2) is 0 Å². The molecule has 1 amide bonds. The Morgan fingerprint density at radius 2 is 2.32 bits per heavy atom. The highest BCUT2D eigenvalue weighted by molar-refractivity contribution is 8.26. The maximum absolute atomic E-state index is 12.2. The molecular formula is C16H15NO3S2. The minimum absolute atomic E-state index is 0.0326. The zero-order valence-corrected chi connectivity index (χ0v) is 13.9. The number of methoxy groups -OCH3 is 1. The summed E-state index contributed by atoms with van der Waals surface area (Å²) in [5, 5.41) is 0. The number of hydrogen-bond donors (Lipinski definition) is 0. The first kappa shape index (κ1) is 15.1. The van der Waals surface area contributed by atoms with Crippen molar-refractivity contribution in [3.05, 3.63) is 40.3 Å². The Balaban J connectivity index is 1.91. The largest absolute Gasteiger partial charge is 0.493 e. The van der Waals surface area contributed by atoms with Crippen LogP contribution in [-0.4, -0.2) is 35.4 Å². The van der Waals surface area contributed by atoms with Crippen molar-refractivity contribution in [2.45, 2.75) is 6.92 Å². The Morgan fingerprint density at radius 3 is 3.00 bits per heavy atom. The van der Waals surface area contributed by atoms with E-state index < -0.39 is 0 Å². The number of likely N-dealkylation sites (N-methyl/N-ethyl adjacent to an activating group) is 1. The molecule has 22 heavy (non-hydrogen) atoms. The van der Waals surface area contributed by atoms with Gasteiger partial charge in [-0.1, -0.05) is 36.1 Å². The predicted molar refractivity (Wildman–Crippen MR) is 92.1 cm³/mol. The molecule has 0 atom stereocenters. The Labute approximate surface area is 138 Å². The summed E-state index contributed by atoms with van der Waals surface area (Å²) in [5.74, 6) is 1.42. The van der Waals surface area contributed by atoms with Gasteiger partial charge in [0.1, 0.15) is 10.9 Å². The van der Waals surface area contributed by atoms with Crippen LogP contribution in [0.2, 0.25) is 0 Å². The molecule has 0 bridgehead atoms. The summed E-state index contributed by atoms with van der Waals surface area (Å²) in [6.07, 6.45) is 3.87. The summed E-state index contributed by atoms with van der Waals surface area (Å²) >= 11 is 6.55. The quantitative estimate of drug-likeness (QED) is 0.627. The molecule has 0 saturated carbocycles. The first-order valence-corrected chi connectivity index (χ1v) is 8.12. The molecule has 0 spiro atoms. The number of ether oxygens (including phenoxy) is 2. The van der Waals surface area contributed by atoms with Crippen molar-refractivity contribution in [3.63, 3.8) is 0 Å². The fourth-order valence-electron chi connectivity index (χ4n) is 2.38. The second-order valence-electron chi connectivity index (χ2n) is 4.81. The number of hydrogen-bond acceptors (Lipinski definition) is 5. The van der Waals surface area contributed by atoms with Crippen LogP contribution in [0.1, 0.15) is 12.5 Å². The molecule has 2 aliphatic heterocycles. The van der Waals surface area contributed by atoms with E-state index in [1.54, 1.807) is 12.0 Å². The lowest BCUT2D eigenvalue weighted by Gasteiger charge is -2.18. The summed E-state index contributed by atoms with van der Waals surface area (Å²) in [6.45, 7) is 2.92. The van der Waals surface area contributed by atoms with Crippen molar-refractivity contribution in [3.8, 4) is 11.5 Å². The second kappa shape index (κ2) is 6.14. The molecule has 1 saturated heterocycles. The highest BCUT2D eigenvalue weighted by Gasteiger charge is 2.31. The van der Waals surface area contributed by atoms with Gasteiger partial charge in [0, 0.05) is 12.1 Å². The Kier molecular flexibility index (Phi) is 4.22. The smallest absolute Gasteiger partial charge is 0.266 e.